The van der Waals surface area contributed by atoms with E-state index in [0.717, 1.165) is 56.3 Å². The molecule has 1 saturated heterocycles. The lowest BCUT2D eigenvalue weighted by molar-refractivity contribution is -0.128. The fourth-order valence-electron chi connectivity index (χ4n) is 6.09. The molecule has 5 aliphatic rings. The van der Waals surface area contributed by atoms with Crippen molar-refractivity contribution in [3.63, 3.8) is 0 Å². The van der Waals surface area contributed by atoms with Crippen LogP contribution in [0.25, 0.3) is 5.70 Å². The van der Waals surface area contributed by atoms with Gasteiger partial charge in [0.15, 0.2) is 0 Å². The van der Waals surface area contributed by atoms with E-state index in [2.05, 4.69) is 53.0 Å². The number of carbonyl (C=O) groups excluding carboxylic acids is 1. The van der Waals surface area contributed by atoms with Crippen LogP contribution in [0.4, 0.5) is 0 Å². The fraction of sp³-hybridized carbons (Fsp3) is 0.464. The van der Waals surface area contributed by atoms with Gasteiger partial charge in [-0.2, -0.15) is 0 Å². The number of hydrogen-bond acceptors (Lipinski definition) is 3. The first-order chi connectivity index (χ1) is 16.1. The first-order valence-electron chi connectivity index (χ1n) is 12.5. The second-order valence-electron chi connectivity index (χ2n) is 10.2. The highest BCUT2D eigenvalue weighted by atomic mass is 16.2. The molecule has 6 rings (SSSR count). The summed E-state index contributed by atoms with van der Waals surface area (Å²) in [6.45, 7) is 3.84. The number of allylic oxidation sites excluding steroid dienone is 3. The zero-order valence-corrected chi connectivity index (χ0v) is 19.4. The Bertz CT molecular complexity index is 1150. The molecule has 1 aromatic rings. The van der Waals surface area contributed by atoms with Crippen LogP contribution in [0.3, 0.4) is 0 Å². The van der Waals surface area contributed by atoms with Crippen LogP contribution in [0.5, 0.6) is 0 Å². The van der Waals surface area contributed by atoms with E-state index >= 15 is 0 Å². The van der Waals surface area contributed by atoms with Gasteiger partial charge in [0.1, 0.15) is 5.54 Å². The predicted molar refractivity (Wildman–Crippen MR) is 133 cm³/mol. The molecule has 4 heterocycles. The summed E-state index contributed by atoms with van der Waals surface area (Å²) in [6.07, 6.45) is 21.8. The minimum atomic E-state index is -0.211. The van der Waals surface area contributed by atoms with Crippen LogP contribution in [-0.4, -0.2) is 46.4 Å². The maximum atomic E-state index is 13.3. The third kappa shape index (κ3) is 3.58. The van der Waals surface area contributed by atoms with E-state index in [1.165, 1.54) is 29.9 Å². The van der Waals surface area contributed by atoms with Crippen molar-refractivity contribution in [2.75, 3.05) is 13.1 Å². The van der Waals surface area contributed by atoms with E-state index in [0.29, 0.717) is 5.92 Å². The molecule has 3 aliphatic heterocycles. The van der Waals surface area contributed by atoms with E-state index < -0.39 is 0 Å². The minimum absolute atomic E-state index is 0.151. The maximum Gasteiger partial charge on any atom is 0.253 e. The number of dihydropyridines is 1. The molecule has 1 aromatic heterocycles. The summed E-state index contributed by atoms with van der Waals surface area (Å²) in [5.74, 6) is 0.814. The average Bonchev–Trinajstić information content (AvgIpc) is 3.33. The van der Waals surface area contributed by atoms with Crippen molar-refractivity contribution >= 4 is 23.5 Å². The third-order valence-electron chi connectivity index (χ3n) is 7.94. The molecule has 0 aromatic carbocycles. The molecule has 1 fully saturated rings. The Balaban J connectivity index is 1.24. The van der Waals surface area contributed by atoms with Crippen LogP contribution < -0.4 is 0 Å². The van der Waals surface area contributed by atoms with Crippen LogP contribution in [0.1, 0.15) is 57.6 Å². The van der Waals surface area contributed by atoms with Gasteiger partial charge in [0.25, 0.3) is 5.91 Å². The summed E-state index contributed by atoms with van der Waals surface area (Å²) in [7, 11) is 0. The lowest BCUT2D eigenvalue weighted by atomic mass is 9.81. The van der Waals surface area contributed by atoms with Gasteiger partial charge in [0.2, 0.25) is 0 Å². The van der Waals surface area contributed by atoms with Gasteiger partial charge < -0.3 is 9.47 Å². The van der Waals surface area contributed by atoms with Crippen molar-refractivity contribution in [2.24, 2.45) is 15.9 Å². The van der Waals surface area contributed by atoms with Crippen LogP contribution >= 0.6 is 0 Å². The topological polar surface area (TPSA) is 50.0 Å². The number of aliphatic imine (C=N–C) groups is 2. The normalized spacial score (nSPS) is 29.4. The van der Waals surface area contributed by atoms with Gasteiger partial charge in [-0.3, -0.25) is 14.8 Å². The van der Waals surface area contributed by atoms with Crippen LogP contribution in [0.15, 0.2) is 69.8 Å². The average molecular weight is 441 g/mol. The quantitative estimate of drug-likeness (QED) is 0.601. The highest BCUT2D eigenvalue weighted by Crippen LogP contribution is 2.43. The highest BCUT2D eigenvalue weighted by Gasteiger charge is 2.43. The number of hydrogen-bond donors (Lipinski definition) is 0. The Kier molecular flexibility index (Phi) is 5.08. The van der Waals surface area contributed by atoms with E-state index in [1.807, 2.05) is 23.3 Å². The van der Waals surface area contributed by atoms with Crippen LogP contribution in [0, 0.1) is 5.92 Å². The second-order valence-corrected chi connectivity index (χ2v) is 10.2. The predicted octanol–water partition coefficient (Wildman–Crippen LogP) is 5.08. The Labute approximate surface area is 196 Å². The number of amides is 1. The van der Waals surface area contributed by atoms with Gasteiger partial charge in [-0.15, -0.1) is 0 Å². The fourth-order valence-corrected chi connectivity index (χ4v) is 6.09. The van der Waals surface area contributed by atoms with Gasteiger partial charge in [-0.1, -0.05) is 31.6 Å². The van der Waals surface area contributed by atoms with Crippen molar-refractivity contribution in [1.82, 2.24) is 9.47 Å². The van der Waals surface area contributed by atoms with Crippen LogP contribution in [-0.2, 0) is 10.3 Å². The van der Waals surface area contributed by atoms with Crippen molar-refractivity contribution in [3.8, 4) is 0 Å². The number of nitrogens with zero attached hydrogens (tertiary/aromatic N) is 4. The van der Waals surface area contributed by atoms with E-state index in [-0.39, 0.29) is 17.5 Å². The summed E-state index contributed by atoms with van der Waals surface area (Å²) in [6, 6.07) is 4.58. The Morgan fingerprint density at radius 2 is 2.09 bits per heavy atom. The molecular weight excluding hydrogens is 408 g/mol. The smallest absolute Gasteiger partial charge is 0.253 e. The number of likely N-dealkylation sites (tertiary alicyclic amines) is 1. The molecular formula is C28H32N4O. The molecule has 0 saturated carbocycles. The molecule has 170 valence electrons. The molecule has 33 heavy (non-hydrogen) atoms. The molecule has 5 nitrogen and oxygen atoms in total. The van der Waals surface area contributed by atoms with Gasteiger partial charge in [-0.05, 0) is 74.3 Å². The standard InChI is InChI=1S/C28H32N4O/c1-20-6-2-3-8-25-24(18-20)30-28(26-9-5-15-32(25)26)12-16-31(17-13-28)27(33)22-10-11-23-21(19-22)7-4-14-29-23/h4-5,7-10,14-15,19-20,23H,2-3,6,11-13,16-18H2,1H3/b25-8+. The third-order valence-corrected chi connectivity index (χ3v) is 7.94. The zero-order valence-electron chi connectivity index (χ0n) is 19.4. The van der Waals surface area contributed by atoms with Gasteiger partial charge >= 0.3 is 0 Å². The molecule has 1 spiro atoms. The molecule has 2 atom stereocenters. The zero-order chi connectivity index (χ0) is 22.4. The summed E-state index contributed by atoms with van der Waals surface area (Å²) in [5, 5.41) is 0. The SMILES string of the molecule is CC1CCC/C=C2\C(=NC3(CCN(C(=O)C4=CCC5N=CC=CC5=C4)CC3)c3cccn32)C1. The molecule has 0 radical (unpaired) electrons. The van der Waals surface area contributed by atoms with E-state index in [9.17, 15) is 4.79 Å². The van der Waals surface area contributed by atoms with E-state index in [4.69, 9.17) is 4.99 Å². The number of piperidine rings is 1. The number of carbonyl (C=O) groups is 1. The molecule has 0 bridgehead atoms. The first kappa shape index (κ1) is 20.6. The lowest BCUT2D eigenvalue weighted by Crippen LogP contribution is -2.47. The maximum absolute atomic E-state index is 13.3. The number of aromatic nitrogens is 1. The lowest BCUT2D eigenvalue weighted by Gasteiger charge is -2.43. The Hall–Kier alpha value is -2.95. The Morgan fingerprint density at radius 1 is 1.21 bits per heavy atom. The van der Waals surface area contributed by atoms with Gasteiger partial charge in [0.05, 0.1) is 23.1 Å². The van der Waals surface area contributed by atoms with Crippen molar-refractivity contribution in [1.29, 1.82) is 0 Å². The number of rotatable bonds is 1. The summed E-state index contributed by atoms with van der Waals surface area (Å²) >= 11 is 0. The molecule has 5 heteroatoms. The van der Waals surface area contributed by atoms with Crippen LogP contribution in [0.2, 0.25) is 0 Å². The van der Waals surface area contributed by atoms with Gasteiger partial charge in [-0.25, -0.2) is 0 Å². The Morgan fingerprint density at radius 3 is 2.97 bits per heavy atom. The molecule has 2 unspecified atom stereocenters. The summed E-state index contributed by atoms with van der Waals surface area (Å²) in [4.78, 5) is 25.4. The minimum Gasteiger partial charge on any atom is -0.338 e. The van der Waals surface area contributed by atoms with Gasteiger partial charge in [0, 0.05) is 31.1 Å². The number of fused-ring (bicyclic) bond motifs is 5. The highest BCUT2D eigenvalue weighted by molar-refractivity contribution is 6.19. The van der Waals surface area contributed by atoms with Crippen molar-refractivity contribution < 1.29 is 4.79 Å². The monoisotopic (exact) mass is 440 g/mol. The molecule has 1 amide bonds. The summed E-state index contributed by atoms with van der Waals surface area (Å²) < 4.78 is 2.39. The molecule has 0 N–H and O–H groups in total. The molecule has 2 aliphatic carbocycles. The largest absolute Gasteiger partial charge is 0.338 e. The first-order valence-corrected chi connectivity index (χ1v) is 12.5. The van der Waals surface area contributed by atoms with Crippen molar-refractivity contribution in [2.45, 2.75) is 63.5 Å². The second kappa shape index (κ2) is 8.12. The van der Waals surface area contributed by atoms with Crippen molar-refractivity contribution in [3.05, 3.63) is 65.5 Å². The summed E-state index contributed by atoms with van der Waals surface area (Å²) in [5.41, 5.74) is 5.60. The van der Waals surface area contributed by atoms with E-state index in [1.54, 1.807) is 0 Å².